The Morgan fingerprint density at radius 2 is 2.00 bits per heavy atom. The Morgan fingerprint density at radius 1 is 1.26 bits per heavy atom. The second kappa shape index (κ2) is 6.33. The van der Waals surface area contributed by atoms with E-state index in [-0.39, 0.29) is 11.2 Å². The Kier molecular flexibility index (Phi) is 4.52. The molecule has 1 N–H and O–H groups in total. The number of hydrogen-bond acceptors (Lipinski definition) is 4. The predicted molar refractivity (Wildman–Crippen MR) is 77.2 cm³/mol. The summed E-state index contributed by atoms with van der Waals surface area (Å²) in [5.74, 6) is -0.0527. The molecule has 0 spiro atoms. The molecule has 1 aromatic heterocycles. The molecular weight excluding hydrogens is 258 g/mol. The van der Waals surface area contributed by atoms with Crippen LogP contribution in [0.2, 0.25) is 0 Å². The number of anilines is 1. The van der Waals surface area contributed by atoms with Gasteiger partial charge in [-0.25, -0.2) is 9.97 Å². The van der Waals surface area contributed by atoms with Gasteiger partial charge >= 0.3 is 0 Å². The number of hydrogen-bond donors (Lipinski definition) is 1. The van der Waals surface area contributed by atoms with Crippen LogP contribution in [0.25, 0.3) is 0 Å². The zero-order chi connectivity index (χ0) is 13.7. The Balaban J connectivity index is 1.96. The molecule has 0 aliphatic carbocycles. The third kappa shape index (κ3) is 4.06. The molecule has 1 aromatic carbocycles. The minimum Gasteiger partial charge on any atom is -0.325 e. The molecule has 0 bridgehead atoms. The first-order valence-electron chi connectivity index (χ1n) is 5.96. The van der Waals surface area contributed by atoms with Crippen molar-refractivity contribution < 1.29 is 4.79 Å². The molecule has 0 aliphatic heterocycles. The lowest BCUT2D eigenvalue weighted by Gasteiger charge is -2.11. The Hall–Kier alpha value is -1.88. The lowest BCUT2D eigenvalue weighted by molar-refractivity contribution is -0.115. The molecule has 0 radical (unpaired) electrons. The minimum atomic E-state index is -0.247. The molecule has 19 heavy (non-hydrogen) atoms. The molecule has 2 aromatic rings. The third-order valence-corrected chi connectivity index (χ3v) is 3.47. The fourth-order valence-corrected chi connectivity index (χ4v) is 2.25. The van der Waals surface area contributed by atoms with Crippen molar-refractivity contribution in [2.24, 2.45) is 0 Å². The number of carbonyl (C=O) groups is 1. The van der Waals surface area contributed by atoms with E-state index in [1.165, 1.54) is 11.8 Å². The zero-order valence-electron chi connectivity index (χ0n) is 10.8. The van der Waals surface area contributed by atoms with Gasteiger partial charge in [-0.15, -0.1) is 0 Å². The second-order valence-corrected chi connectivity index (χ2v) is 5.46. The maximum atomic E-state index is 12.0. The molecule has 1 heterocycles. The molecule has 4 nitrogen and oxygen atoms in total. The van der Waals surface area contributed by atoms with E-state index >= 15 is 0 Å². The number of aryl methyl sites for hydroxylation is 1. The predicted octanol–water partition coefficient (Wildman–Crippen LogP) is 2.90. The third-order valence-electron chi connectivity index (χ3n) is 2.48. The van der Waals surface area contributed by atoms with Crippen LogP contribution in [0, 0.1) is 6.92 Å². The van der Waals surface area contributed by atoms with E-state index in [4.69, 9.17) is 0 Å². The maximum absolute atomic E-state index is 12.0. The molecule has 0 fully saturated rings. The molecule has 0 aliphatic rings. The number of nitrogens with one attached hydrogen (secondary N) is 1. The average Bonchev–Trinajstić information content (AvgIpc) is 2.40. The van der Waals surface area contributed by atoms with Crippen LogP contribution in [0.5, 0.6) is 0 Å². The van der Waals surface area contributed by atoms with Crippen LogP contribution in [-0.2, 0) is 4.79 Å². The molecule has 2 rings (SSSR count). The molecular formula is C14H15N3OS. The Bertz CT molecular complexity index is 560. The summed E-state index contributed by atoms with van der Waals surface area (Å²) in [6, 6.07) is 9.48. The van der Waals surface area contributed by atoms with E-state index in [9.17, 15) is 4.79 Å². The van der Waals surface area contributed by atoms with Crippen LogP contribution in [0.15, 0.2) is 47.9 Å². The first kappa shape index (κ1) is 13.5. The van der Waals surface area contributed by atoms with Crippen molar-refractivity contribution in [1.82, 2.24) is 9.97 Å². The highest BCUT2D eigenvalue weighted by Crippen LogP contribution is 2.20. The first-order valence-corrected chi connectivity index (χ1v) is 6.84. The summed E-state index contributed by atoms with van der Waals surface area (Å²) in [7, 11) is 0. The van der Waals surface area contributed by atoms with Crippen LogP contribution in [-0.4, -0.2) is 21.1 Å². The van der Waals surface area contributed by atoms with Gasteiger partial charge in [0.15, 0.2) is 5.16 Å². The van der Waals surface area contributed by atoms with Gasteiger partial charge in [0.1, 0.15) is 0 Å². The molecule has 0 saturated heterocycles. The number of nitrogens with zero attached hydrogens (tertiary/aromatic N) is 2. The molecule has 5 heteroatoms. The van der Waals surface area contributed by atoms with Crippen LogP contribution in [0.1, 0.15) is 12.5 Å². The standard InChI is InChI=1S/C14H15N3OS/c1-10-5-3-6-12(9-10)17-13(18)11(2)19-14-15-7-4-8-16-14/h3-9,11H,1-2H3,(H,17,18)/t11-/m0/s1. The number of carbonyl (C=O) groups excluding carboxylic acids is 1. The quantitative estimate of drug-likeness (QED) is 0.687. The zero-order valence-corrected chi connectivity index (χ0v) is 11.6. The second-order valence-electron chi connectivity index (χ2n) is 4.15. The van der Waals surface area contributed by atoms with Gasteiger partial charge in [-0.2, -0.15) is 0 Å². The summed E-state index contributed by atoms with van der Waals surface area (Å²) >= 11 is 1.34. The van der Waals surface area contributed by atoms with Crippen molar-refractivity contribution in [3.05, 3.63) is 48.3 Å². The molecule has 98 valence electrons. The van der Waals surface area contributed by atoms with Gasteiger partial charge in [0, 0.05) is 18.1 Å². The van der Waals surface area contributed by atoms with Gasteiger partial charge in [0.2, 0.25) is 5.91 Å². The van der Waals surface area contributed by atoms with Crippen molar-refractivity contribution >= 4 is 23.4 Å². The van der Waals surface area contributed by atoms with Crippen LogP contribution >= 0.6 is 11.8 Å². The van der Waals surface area contributed by atoms with E-state index in [1.54, 1.807) is 18.5 Å². The summed E-state index contributed by atoms with van der Waals surface area (Å²) in [5.41, 5.74) is 1.93. The summed E-state index contributed by atoms with van der Waals surface area (Å²) in [5, 5.41) is 3.25. The van der Waals surface area contributed by atoms with Crippen molar-refractivity contribution in [1.29, 1.82) is 0 Å². The van der Waals surface area contributed by atoms with Crippen LogP contribution in [0.4, 0.5) is 5.69 Å². The number of thioether (sulfide) groups is 1. The average molecular weight is 273 g/mol. The SMILES string of the molecule is Cc1cccc(NC(=O)[C@H](C)Sc2ncccn2)c1. The normalized spacial score (nSPS) is 11.9. The molecule has 1 amide bonds. The number of amides is 1. The van der Waals surface area contributed by atoms with E-state index < -0.39 is 0 Å². The van der Waals surface area contributed by atoms with Gasteiger partial charge in [-0.1, -0.05) is 23.9 Å². The van der Waals surface area contributed by atoms with Gasteiger partial charge in [-0.05, 0) is 37.6 Å². The maximum Gasteiger partial charge on any atom is 0.237 e. The summed E-state index contributed by atoms with van der Waals surface area (Å²) < 4.78 is 0. The van der Waals surface area contributed by atoms with Crippen molar-refractivity contribution in [2.45, 2.75) is 24.3 Å². The van der Waals surface area contributed by atoms with Crippen molar-refractivity contribution in [3.8, 4) is 0 Å². The van der Waals surface area contributed by atoms with E-state index in [0.29, 0.717) is 5.16 Å². The highest BCUT2D eigenvalue weighted by Gasteiger charge is 2.15. The first-order chi connectivity index (χ1) is 9.15. The van der Waals surface area contributed by atoms with Gasteiger partial charge in [0.25, 0.3) is 0 Å². The fraction of sp³-hybridized carbons (Fsp3) is 0.214. The molecule has 0 saturated carbocycles. The lowest BCUT2D eigenvalue weighted by atomic mass is 10.2. The Labute approximate surface area is 116 Å². The highest BCUT2D eigenvalue weighted by atomic mass is 32.2. The van der Waals surface area contributed by atoms with Gasteiger partial charge in [-0.3, -0.25) is 4.79 Å². The minimum absolute atomic E-state index is 0.0527. The van der Waals surface area contributed by atoms with Gasteiger partial charge < -0.3 is 5.32 Å². The van der Waals surface area contributed by atoms with E-state index in [0.717, 1.165) is 11.3 Å². The Morgan fingerprint density at radius 3 is 2.68 bits per heavy atom. The van der Waals surface area contributed by atoms with E-state index in [1.807, 2.05) is 38.1 Å². The van der Waals surface area contributed by atoms with Crippen molar-refractivity contribution in [3.63, 3.8) is 0 Å². The molecule has 0 unspecified atom stereocenters. The molecule has 1 atom stereocenters. The number of aromatic nitrogens is 2. The smallest absolute Gasteiger partial charge is 0.237 e. The van der Waals surface area contributed by atoms with E-state index in [2.05, 4.69) is 15.3 Å². The summed E-state index contributed by atoms with van der Waals surface area (Å²) in [6.07, 6.45) is 3.33. The lowest BCUT2D eigenvalue weighted by Crippen LogP contribution is -2.22. The monoisotopic (exact) mass is 273 g/mol. The summed E-state index contributed by atoms with van der Waals surface area (Å²) in [4.78, 5) is 20.2. The highest BCUT2D eigenvalue weighted by molar-refractivity contribution is 8.00. The van der Waals surface area contributed by atoms with Gasteiger partial charge in [0.05, 0.1) is 5.25 Å². The number of rotatable bonds is 4. The number of benzene rings is 1. The summed E-state index contributed by atoms with van der Waals surface area (Å²) in [6.45, 7) is 3.83. The van der Waals surface area contributed by atoms with Crippen molar-refractivity contribution in [2.75, 3.05) is 5.32 Å². The largest absolute Gasteiger partial charge is 0.325 e. The van der Waals surface area contributed by atoms with Crippen LogP contribution in [0.3, 0.4) is 0 Å². The fourth-order valence-electron chi connectivity index (χ4n) is 1.52. The topological polar surface area (TPSA) is 54.9 Å². The van der Waals surface area contributed by atoms with Crippen LogP contribution < -0.4 is 5.32 Å².